The van der Waals surface area contributed by atoms with Crippen molar-refractivity contribution >= 4 is 27.4 Å². The standard InChI is InChI=1S/C23H23N3O3S/c1-14-5-7-16(8-6-14)17-12-30-23-20(17)22(25-13-26-23)24-11-15-9-18(27-2)21(29-4)19(10-15)28-3/h5-10,12-13H,11H2,1-4H3,(H,24,25,26). The van der Waals surface area contributed by atoms with Crippen LogP contribution in [0.3, 0.4) is 0 Å². The fourth-order valence-corrected chi connectivity index (χ4v) is 4.29. The summed E-state index contributed by atoms with van der Waals surface area (Å²) in [5.74, 6) is 2.62. The molecule has 2 aromatic heterocycles. The van der Waals surface area contributed by atoms with Crippen molar-refractivity contribution in [1.82, 2.24) is 9.97 Å². The van der Waals surface area contributed by atoms with Crippen LogP contribution in [0.25, 0.3) is 21.3 Å². The maximum Gasteiger partial charge on any atom is 0.203 e. The van der Waals surface area contributed by atoms with E-state index in [1.165, 1.54) is 5.56 Å². The number of fused-ring (bicyclic) bond motifs is 1. The fraction of sp³-hybridized carbons (Fsp3) is 0.217. The van der Waals surface area contributed by atoms with E-state index in [9.17, 15) is 0 Å². The summed E-state index contributed by atoms with van der Waals surface area (Å²) >= 11 is 1.62. The second-order valence-corrected chi connectivity index (χ2v) is 7.66. The third kappa shape index (κ3) is 3.76. The number of benzene rings is 2. The lowest BCUT2D eigenvalue weighted by Crippen LogP contribution is -2.04. The van der Waals surface area contributed by atoms with Gasteiger partial charge in [0.2, 0.25) is 5.75 Å². The van der Waals surface area contributed by atoms with Crippen molar-refractivity contribution in [3.63, 3.8) is 0 Å². The molecule has 6 nitrogen and oxygen atoms in total. The third-order valence-electron chi connectivity index (χ3n) is 4.92. The van der Waals surface area contributed by atoms with Gasteiger partial charge in [0.05, 0.1) is 26.7 Å². The molecule has 4 rings (SSSR count). The Kier molecular flexibility index (Phi) is 5.72. The molecule has 1 N–H and O–H groups in total. The molecular formula is C23H23N3O3S. The van der Waals surface area contributed by atoms with Gasteiger partial charge in [-0.2, -0.15) is 0 Å². The Hall–Kier alpha value is -3.32. The molecule has 0 fully saturated rings. The molecule has 2 aromatic carbocycles. The highest BCUT2D eigenvalue weighted by Crippen LogP contribution is 2.39. The van der Waals surface area contributed by atoms with Crippen molar-refractivity contribution in [2.45, 2.75) is 13.5 Å². The summed E-state index contributed by atoms with van der Waals surface area (Å²) in [5.41, 5.74) is 4.50. The Labute approximate surface area is 179 Å². The lowest BCUT2D eigenvalue weighted by Gasteiger charge is -2.15. The summed E-state index contributed by atoms with van der Waals surface area (Å²) in [6.45, 7) is 2.63. The first-order valence-corrected chi connectivity index (χ1v) is 10.3. The van der Waals surface area contributed by atoms with E-state index >= 15 is 0 Å². The highest BCUT2D eigenvalue weighted by atomic mass is 32.1. The molecule has 2 heterocycles. The number of hydrogen-bond acceptors (Lipinski definition) is 7. The second kappa shape index (κ2) is 8.59. The highest BCUT2D eigenvalue weighted by Gasteiger charge is 2.15. The predicted molar refractivity (Wildman–Crippen MR) is 121 cm³/mol. The van der Waals surface area contributed by atoms with Crippen LogP contribution in [0.2, 0.25) is 0 Å². The molecule has 0 atom stereocenters. The zero-order valence-electron chi connectivity index (χ0n) is 17.4. The van der Waals surface area contributed by atoms with Crippen LogP contribution in [0, 0.1) is 6.92 Å². The van der Waals surface area contributed by atoms with Gasteiger partial charge in [0.15, 0.2) is 11.5 Å². The number of anilines is 1. The van der Waals surface area contributed by atoms with Crippen LogP contribution < -0.4 is 19.5 Å². The van der Waals surface area contributed by atoms with Gasteiger partial charge in [0.1, 0.15) is 17.0 Å². The van der Waals surface area contributed by atoms with Gasteiger partial charge < -0.3 is 19.5 Å². The first kappa shape index (κ1) is 20.0. The first-order chi connectivity index (χ1) is 14.6. The molecule has 4 aromatic rings. The van der Waals surface area contributed by atoms with E-state index in [-0.39, 0.29) is 0 Å². The molecule has 0 aliphatic heterocycles. The molecule has 0 aliphatic rings. The number of aryl methyl sites for hydroxylation is 1. The Morgan fingerprint density at radius 1 is 0.933 bits per heavy atom. The summed E-state index contributed by atoms with van der Waals surface area (Å²) in [4.78, 5) is 9.91. The summed E-state index contributed by atoms with van der Waals surface area (Å²) in [6.07, 6.45) is 1.59. The van der Waals surface area contributed by atoms with Crippen LogP contribution in [-0.4, -0.2) is 31.3 Å². The average Bonchev–Trinajstić information content (AvgIpc) is 3.22. The zero-order valence-corrected chi connectivity index (χ0v) is 18.2. The largest absolute Gasteiger partial charge is 0.493 e. The fourth-order valence-electron chi connectivity index (χ4n) is 3.38. The van der Waals surface area contributed by atoms with E-state index in [2.05, 4.69) is 51.9 Å². The number of rotatable bonds is 7. The Bertz CT molecular complexity index is 1150. The first-order valence-electron chi connectivity index (χ1n) is 9.46. The van der Waals surface area contributed by atoms with Crippen LogP contribution in [0.5, 0.6) is 17.2 Å². The zero-order chi connectivity index (χ0) is 21.1. The summed E-state index contributed by atoms with van der Waals surface area (Å²) in [6, 6.07) is 12.4. The van der Waals surface area contributed by atoms with E-state index in [4.69, 9.17) is 14.2 Å². The molecule has 7 heteroatoms. The van der Waals surface area contributed by atoms with E-state index in [1.54, 1.807) is 39.0 Å². The maximum absolute atomic E-state index is 5.46. The SMILES string of the molecule is COc1cc(CNc2ncnc3scc(-c4ccc(C)cc4)c23)cc(OC)c1OC. The lowest BCUT2D eigenvalue weighted by atomic mass is 10.0. The van der Waals surface area contributed by atoms with E-state index in [0.717, 1.165) is 32.7 Å². The molecule has 0 saturated heterocycles. The molecule has 0 spiro atoms. The number of nitrogens with zero attached hydrogens (tertiary/aromatic N) is 2. The van der Waals surface area contributed by atoms with E-state index in [1.807, 2.05) is 12.1 Å². The van der Waals surface area contributed by atoms with Crippen LogP contribution in [0.15, 0.2) is 48.1 Å². The Morgan fingerprint density at radius 2 is 1.63 bits per heavy atom. The quantitative estimate of drug-likeness (QED) is 0.437. The molecular weight excluding hydrogens is 398 g/mol. The second-order valence-electron chi connectivity index (χ2n) is 6.80. The third-order valence-corrected chi connectivity index (χ3v) is 5.80. The van der Waals surface area contributed by atoms with Gasteiger partial charge in [0, 0.05) is 17.5 Å². The van der Waals surface area contributed by atoms with E-state index < -0.39 is 0 Å². The van der Waals surface area contributed by atoms with Crippen molar-refractivity contribution in [3.8, 4) is 28.4 Å². The number of nitrogens with one attached hydrogen (secondary N) is 1. The summed E-state index contributed by atoms with van der Waals surface area (Å²) in [5, 5.41) is 6.62. The number of thiophene rings is 1. The Morgan fingerprint density at radius 3 is 2.27 bits per heavy atom. The van der Waals surface area contributed by atoms with Crippen molar-refractivity contribution < 1.29 is 14.2 Å². The van der Waals surface area contributed by atoms with Gasteiger partial charge in [-0.25, -0.2) is 9.97 Å². The van der Waals surface area contributed by atoms with E-state index in [0.29, 0.717) is 23.8 Å². The molecule has 0 saturated carbocycles. The normalized spacial score (nSPS) is 10.8. The lowest BCUT2D eigenvalue weighted by molar-refractivity contribution is 0.324. The summed E-state index contributed by atoms with van der Waals surface area (Å²) < 4.78 is 16.3. The number of ether oxygens (including phenoxy) is 3. The van der Waals surface area contributed by atoms with Crippen LogP contribution in [-0.2, 0) is 6.54 Å². The van der Waals surface area contributed by atoms with Crippen molar-refractivity contribution in [2.24, 2.45) is 0 Å². The van der Waals surface area contributed by atoms with Crippen LogP contribution in [0.1, 0.15) is 11.1 Å². The molecule has 0 amide bonds. The Balaban J connectivity index is 1.68. The molecule has 154 valence electrons. The van der Waals surface area contributed by atoms with Crippen molar-refractivity contribution in [3.05, 3.63) is 59.2 Å². The summed E-state index contributed by atoms with van der Waals surface area (Å²) in [7, 11) is 4.82. The minimum atomic E-state index is 0.548. The molecule has 30 heavy (non-hydrogen) atoms. The van der Waals surface area contributed by atoms with Crippen molar-refractivity contribution in [1.29, 1.82) is 0 Å². The van der Waals surface area contributed by atoms with Gasteiger partial charge >= 0.3 is 0 Å². The van der Waals surface area contributed by atoms with Gasteiger partial charge in [-0.15, -0.1) is 11.3 Å². The topological polar surface area (TPSA) is 65.5 Å². The number of methoxy groups -OCH3 is 3. The van der Waals surface area contributed by atoms with Crippen molar-refractivity contribution in [2.75, 3.05) is 26.6 Å². The van der Waals surface area contributed by atoms with Gasteiger partial charge in [-0.3, -0.25) is 0 Å². The minimum Gasteiger partial charge on any atom is -0.493 e. The monoisotopic (exact) mass is 421 g/mol. The molecule has 0 aliphatic carbocycles. The highest BCUT2D eigenvalue weighted by molar-refractivity contribution is 7.17. The van der Waals surface area contributed by atoms with Gasteiger partial charge in [0.25, 0.3) is 0 Å². The molecule has 0 bridgehead atoms. The number of hydrogen-bond donors (Lipinski definition) is 1. The van der Waals surface area contributed by atoms with Crippen LogP contribution in [0.4, 0.5) is 5.82 Å². The average molecular weight is 422 g/mol. The van der Waals surface area contributed by atoms with Crippen LogP contribution >= 0.6 is 11.3 Å². The predicted octanol–water partition coefficient (Wildman–Crippen LogP) is 5.30. The molecule has 0 radical (unpaired) electrons. The minimum absolute atomic E-state index is 0.548. The maximum atomic E-state index is 5.46. The number of aromatic nitrogens is 2. The smallest absolute Gasteiger partial charge is 0.203 e. The molecule has 0 unspecified atom stereocenters. The van der Waals surface area contributed by atoms with Gasteiger partial charge in [-0.05, 0) is 30.2 Å². The van der Waals surface area contributed by atoms with Gasteiger partial charge in [-0.1, -0.05) is 29.8 Å².